The van der Waals surface area contributed by atoms with Crippen molar-refractivity contribution in [3.8, 4) is 0 Å². The number of carbonyl (C=O) groups is 2. The lowest BCUT2D eigenvalue weighted by Gasteiger charge is -2.24. The molecule has 5 rings (SSSR count). The largest absolute Gasteiger partial charge is 0.326 e. The lowest BCUT2D eigenvalue weighted by Crippen LogP contribution is -2.36. The molecule has 0 radical (unpaired) electrons. The van der Waals surface area contributed by atoms with Gasteiger partial charge in [0.05, 0.1) is 17.2 Å². The Kier molecular flexibility index (Phi) is 6.32. The highest BCUT2D eigenvalue weighted by Gasteiger charge is 2.35. The van der Waals surface area contributed by atoms with E-state index in [2.05, 4.69) is 25.9 Å². The number of H-pyrrole nitrogens is 1. The lowest BCUT2D eigenvalue weighted by molar-refractivity contribution is -0.123. The molecule has 0 fully saturated rings. The molecule has 174 valence electrons. The van der Waals surface area contributed by atoms with Gasteiger partial charge in [-0.3, -0.25) is 19.4 Å². The van der Waals surface area contributed by atoms with E-state index in [4.69, 9.17) is 0 Å². The van der Waals surface area contributed by atoms with Gasteiger partial charge in [-0.2, -0.15) is 4.98 Å². The zero-order chi connectivity index (χ0) is 24.2. The highest BCUT2D eigenvalue weighted by Crippen LogP contribution is 2.35. The number of hydrogen-bond donors (Lipinski definition) is 4. The molecule has 1 aliphatic heterocycles. The molecular formula is C26H21N5O3S. The van der Waals surface area contributed by atoms with Crippen molar-refractivity contribution in [1.29, 1.82) is 0 Å². The Labute approximate surface area is 205 Å². The SMILES string of the molecule is O=C1CC(C(=O)Nc2ccccc2Sc2ccccc2)c2c(nc(Nc3ccccc3)[nH]c2=O)N1. The predicted molar refractivity (Wildman–Crippen MR) is 136 cm³/mol. The maximum absolute atomic E-state index is 13.3. The number of nitrogens with one attached hydrogen (secondary N) is 4. The van der Waals surface area contributed by atoms with Crippen LogP contribution in [0.2, 0.25) is 0 Å². The quantitative estimate of drug-likeness (QED) is 0.315. The summed E-state index contributed by atoms with van der Waals surface area (Å²) in [5.41, 5.74) is 0.972. The van der Waals surface area contributed by atoms with Crippen LogP contribution in [-0.2, 0) is 9.59 Å². The Balaban J connectivity index is 1.41. The molecule has 0 saturated carbocycles. The van der Waals surface area contributed by atoms with E-state index >= 15 is 0 Å². The highest BCUT2D eigenvalue weighted by molar-refractivity contribution is 7.99. The van der Waals surface area contributed by atoms with Crippen LogP contribution in [0.1, 0.15) is 17.9 Å². The molecule has 9 heteroatoms. The summed E-state index contributed by atoms with van der Waals surface area (Å²) in [4.78, 5) is 47.6. The number of hydrogen-bond acceptors (Lipinski definition) is 6. The van der Waals surface area contributed by atoms with E-state index in [1.54, 1.807) is 6.07 Å². The number of para-hydroxylation sites is 2. The minimum Gasteiger partial charge on any atom is -0.326 e. The maximum atomic E-state index is 13.3. The van der Waals surface area contributed by atoms with Gasteiger partial charge in [-0.05, 0) is 36.4 Å². The number of aromatic nitrogens is 2. The Morgan fingerprint density at radius 3 is 2.37 bits per heavy atom. The first-order valence-corrected chi connectivity index (χ1v) is 11.8. The van der Waals surface area contributed by atoms with Crippen molar-refractivity contribution in [3.63, 3.8) is 0 Å². The Hall–Kier alpha value is -4.37. The fourth-order valence-corrected chi connectivity index (χ4v) is 4.73. The van der Waals surface area contributed by atoms with Crippen molar-refractivity contribution >= 4 is 46.7 Å². The number of amides is 2. The van der Waals surface area contributed by atoms with Gasteiger partial charge < -0.3 is 16.0 Å². The normalized spacial score (nSPS) is 14.5. The van der Waals surface area contributed by atoms with Crippen LogP contribution < -0.4 is 21.5 Å². The van der Waals surface area contributed by atoms with Crippen LogP contribution in [0.4, 0.5) is 23.1 Å². The first-order valence-electron chi connectivity index (χ1n) is 11.0. The lowest BCUT2D eigenvalue weighted by atomic mass is 9.92. The topological polar surface area (TPSA) is 116 Å². The molecule has 0 spiro atoms. The summed E-state index contributed by atoms with van der Waals surface area (Å²) >= 11 is 1.51. The van der Waals surface area contributed by atoms with Crippen molar-refractivity contribution < 1.29 is 9.59 Å². The molecule has 1 atom stereocenters. The summed E-state index contributed by atoms with van der Waals surface area (Å²) in [6.07, 6.45) is -0.150. The smallest absolute Gasteiger partial charge is 0.258 e. The van der Waals surface area contributed by atoms with Gasteiger partial charge >= 0.3 is 0 Å². The Morgan fingerprint density at radius 2 is 1.60 bits per heavy atom. The van der Waals surface area contributed by atoms with E-state index in [0.717, 1.165) is 15.5 Å². The van der Waals surface area contributed by atoms with Crippen molar-refractivity contribution in [2.24, 2.45) is 0 Å². The minimum atomic E-state index is -0.976. The summed E-state index contributed by atoms with van der Waals surface area (Å²) in [6, 6.07) is 26.4. The molecule has 0 aliphatic carbocycles. The van der Waals surface area contributed by atoms with Crippen LogP contribution in [0.5, 0.6) is 0 Å². The van der Waals surface area contributed by atoms with Crippen LogP contribution in [-0.4, -0.2) is 21.8 Å². The van der Waals surface area contributed by atoms with E-state index in [9.17, 15) is 14.4 Å². The second kappa shape index (κ2) is 9.86. The zero-order valence-electron chi connectivity index (χ0n) is 18.4. The van der Waals surface area contributed by atoms with Gasteiger partial charge in [0.2, 0.25) is 17.8 Å². The summed E-state index contributed by atoms with van der Waals surface area (Å²) in [5, 5.41) is 8.54. The molecule has 4 aromatic rings. The number of nitrogens with zero attached hydrogens (tertiary/aromatic N) is 1. The minimum absolute atomic E-state index is 0.0792. The highest BCUT2D eigenvalue weighted by atomic mass is 32.2. The van der Waals surface area contributed by atoms with Crippen molar-refractivity contribution in [1.82, 2.24) is 9.97 Å². The average molecular weight is 484 g/mol. The number of benzene rings is 3. The van der Waals surface area contributed by atoms with Crippen molar-refractivity contribution in [2.45, 2.75) is 22.1 Å². The van der Waals surface area contributed by atoms with Crippen LogP contribution in [0.25, 0.3) is 0 Å². The summed E-state index contributed by atoms with van der Waals surface area (Å²) in [7, 11) is 0. The monoisotopic (exact) mass is 483 g/mol. The third-order valence-electron chi connectivity index (χ3n) is 5.42. The zero-order valence-corrected chi connectivity index (χ0v) is 19.3. The molecule has 2 amide bonds. The first-order chi connectivity index (χ1) is 17.1. The van der Waals surface area contributed by atoms with E-state index in [0.29, 0.717) is 5.69 Å². The van der Waals surface area contributed by atoms with Crippen LogP contribution >= 0.6 is 11.8 Å². The molecule has 0 bridgehead atoms. The molecular weight excluding hydrogens is 462 g/mol. The van der Waals surface area contributed by atoms with Crippen LogP contribution in [0.3, 0.4) is 0 Å². The molecule has 1 aromatic heterocycles. The fourth-order valence-electron chi connectivity index (χ4n) is 3.81. The molecule has 3 aromatic carbocycles. The van der Waals surface area contributed by atoms with E-state index in [1.807, 2.05) is 78.9 Å². The number of anilines is 4. The summed E-state index contributed by atoms with van der Waals surface area (Å²) < 4.78 is 0. The molecule has 2 heterocycles. The van der Waals surface area contributed by atoms with Gasteiger partial charge in [-0.1, -0.05) is 60.3 Å². The van der Waals surface area contributed by atoms with Gasteiger partial charge in [-0.25, -0.2) is 0 Å². The Morgan fingerprint density at radius 1 is 0.914 bits per heavy atom. The first kappa shape index (κ1) is 22.4. The van der Waals surface area contributed by atoms with Gasteiger partial charge in [0.25, 0.3) is 5.56 Å². The standard InChI is InChI=1S/C26H21N5O3S/c32-21-15-18(22-23(29-21)30-26(31-25(22)34)27-16-9-3-1-4-10-16)24(33)28-19-13-7-8-14-20(19)35-17-11-5-2-6-12-17/h1-14,18H,15H2,(H,28,33)(H3,27,29,30,31,32,34). The van der Waals surface area contributed by atoms with Crippen molar-refractivity contribution in [2.75, 3.05) is 16.0 Å². The van der Waals surface area contributed by atoms with Crippen LogP contribution in [0.15, 0.2) is 99.5 Å². The molecule has 4 N–H and O–H groups in total. The van der Waals surface area contributed by atoms with Gasteiger partial charge in [0, 0.05) is 21.9 Å². The molecule has 35 heavy (non-hydrogen) atoms. The summed E-state index contributed by atoms with van der Waals surface area (Å²) in [5.74, 6) is -1.55. The second-order valence-electron chi connectivity index (χ2n) is 7.87. The fraction of sp³-hybridized carbons (Fsp3) is 0.0769. The van der Waals surface area contributed by atoms with E-state index < -0.39 is 17.4 Å². The molecule has 1 unspecified atom stereocenters. The number of fused-ring (bicyclic) bond motifs is 1. The van der Waals surface area contributed by atoms with Gasteiger partial charge in [-0.15, -0.1) is 0 Å². The predicted octanol–water partition coefficient (Wildman–Crippen LogP) is 4.73. The third-order valence-corrected chi connectivity index (χ3v) is 6.50. The third kappa shape index (κ3) is 5.10. The van der Waals surface area contributed by atoms with Crippen LogP contribution in [0, 0.1) is 0 Å². The molecule has 1 aliphatic rings. The molecule has 8 nitrogen and oxygen atoms in total. The number of rotatable bonds is 6. The number of carbonyl (C=O) groups excluding carboxylic acids is 2. The van der Waals surface area contributed by atoms with Gasteiger partial charge in [0.15, 0.2) is 0 Å². The van der Waals surface area contributed by atoms with Gasteiger partial charge in [0.1, 0.15) is 5.82 Å². The average Bonchev–Trinajstić information content (AvgIpc) is 2.86. The van der Waals surface area contributed by atoms with E-state index in [-0.39, 0.29) is 29.7 Å². The second-order valence-corrected chi connectivity index (χ2v) is 8.99. The maximum Gasteiger partial charge on any atom is 0.258 e. The molecule has 0 saturated heterocycles. The Bertz CT molecular complexity index is 1440. The summed E-state index contributed by atoms with van der Waals surface area (Å²) in [6.45, 7) is 0. The van der Waals surface area contributed by atoms with E-state index in [1.165, 1.54) is 11.8 Å². The number of aromatic amines is 1. The van der Waals surface area contributed by atoms with Crippen molar-refractivity contribution in [3.05, 3.63) is 101 Å².